The summed E-state index contributed by atoms with van der Waals surface area (Å²) in [6.45, 7) is 2.85. The first-order valence-corrected chi connectivity index (χ1v) is 10.2. The summed E-state index contributed by atoms with van der Waals surface area (Å²) in [4.78, 5) is 0. The van der Waals surface area contributed by atoms with Crippen LogP contribution in [0.1, 0.15) is 32.6 Å². The van der Waals surface area contributed by atoms with Gasteiger partial charge in [-0.1, -0.05) is 37.8 Å². The van der Waals surface area contributed by atoms with Crippen LogP contribution < -0.4 is 9.46 Å². The third-order valence-corrected chi connectivity index (χ3v) is 6.29. The number of ether oxygens (including phenoxy) is 1. The molecule has 0 aliphatic rings. The smallest absolute Gasteiger partial charge is 0.271 e. The summed E-state index contributed by atoms with van der Waals surface area (Å²) in [5, 5.41) is 0. The Kier molecular flexibility index (Phi) is 6.74. The normalized spacial score (nSPS) is 11.4. The number of sulfonamides is 1. The van der Waals surface area contributed by atoms with Crippen molar-refractivity contribution >= 4 is 38.6 Å². The third kappa shape index (κ3) is 5.71. The minimum absolute atomic E-state index is 0.193. The Hall–Kier alpha value is -1.24. The molecule has 0 saturated heterocycles. The Labute approximate surface area is 146 Å². The molecular weight excluding hydrogens is 354 g/mol. The molecule has 23 heavy (non-hydrogen) atoms. The molecule has 0 aliphatic carbocycles. The Morgan fingerprint density at radius 3 is 2.43 bits per heavy atom. The molecule has 2 rings (SSSR count). The van der Waals surface area contributed by atoms with E-state index in [-0.39, 0.29) is 4.21 Å². The van der Waals surface area contributed by atoms with Crippen molar-refractivity contribution in [3.05, 3.63) is 40.7 Å². The molecule has 1 heterocycles. The number of hydrogen-bond acceptors (Lipinski definition) is 4. The van der Waals surface area contributed by atoms with E-state index in [2.05, 4.69) is 11.6 Å². The standard InChI is InChI=1S/C16H20ClNO3S2/c1-2-3-4-5-12-21-14-8-6-13(7-9-14)18-23(19,20)16-11-10-15(17)22-16/h6-11,18H,2-5,12H2,1H3. The Morgan fingerprint density at radius 2 is 1.83 bits per heavy atom. The maximum atomic E-state index is 12.2. The van der Waals surface area contributed by atoms with Crippen molar-refractivity contribution in [1.82, 2.24) is 0 Å². The number of nitrogens with one attached hydrogen (secondary N) is 1. The van der Waals surface area contributed by atoms with Crippen LogP contribution in [-0.4, -0.2) is 15.0 Å². The molecule has 0 fully saturated rings. The van der Waals surface area contributed by atoms with Gasteiger partial charge in [0, 0.05) is 5.69 Å². The first-order chi connectivity index (χ1) is 11.0. The Balaban J connectivity index is 1.89. The van der Waals surface area contributed by atoms with Crippen LogP contribution in [0, 0.1) is 0 Å². The van der Waals surface area contributed by atoms with E-state index in [4.69, 9.17) is 16.3 Å². The predicted molar refractivity (Wildman–Crippen MR) is 96.2 cm³/mol. The van der Waals surface area contributed by atoms with E-state index in [1.807, 2.05) is 0 Å². The zero-order chi connectivity index (χ0) is 16.7. The molecule has 7 heteroatoms. The molecule has 0 atom stereocenters. The van der Waals surface area contributed by atoms with Gasteiger partial charge in [-0.05, 0) is 42.8 Å². The van der Waals surface area contributed by atoms with E-state index < -0.39 is 10.0 Å². The van der Waals surface area contributed by atoms with E-state index in [9.17, 15) is 8.42 Å². The number of thiophene rings is 1. The summed E-state index contributed by atoms with van der Waals surface area (Å²) in [5.41, 5.74) is 0.493. The van der Waals surface area contributed by atoms with Gasteiger partial charge in [0.15, 0.2) is 0 Å². The molecule has 1 aromatic carbocycles. The first kappa shape index (κ1) is 18.1. The number of rotatable bonds is 9. The van der Waals surface area contributed by atoms with Gasteiger partial charge in [-0.25, -0.2) is 8.42 Å². The quantitative estimate of drug-likeness (QED) is 0.617. The van der Waals surface area contributed by atoms with Crippen molar-refractivity contribution in [2.24, 2.45) is 0 Å². The molecule has 0 amide bonds. The van der Waals surface area contributed by atoms with E-state index in [1.165, 1.54) is 18.9 Å². The van der Waals surface area contributed by atoms with Crippen LogP contribution >= 0.6 is 22.9 Å². The van der Waals surface area contributed by atoms with Gasteiger partial charge < -0.3 is 4.74 Å². The summed E-state index contributed by atoms with van der Waals surface area (Å²) >= 11 is 6.80. The number of anilines is 1. The summed E-state index contributed by atoms with van der Waals surface area (Å²) in [5.74, 6) is 0.739. The lowest BCUT2D eigenvalue weighted by molar-refractivity contribution is 0.305. The van der Waals surface area contributed by atoms with Gasteiger partial charge >= 0.3 is 0 Å². The number of halogens is 1. The van der Waals surface area contributed by atoms with Crippen molar-refractivity contribution in [2.75, 3.05) is 11.3 Å². The molecule has 1 aromatic heterocycles. The van der Waals surface area contributed by atoms with Crippen LogP contribution in [0.15, 0.2) is 40.6 Å². The van der Waals surface area contributed by atoms with Gasteiger partial charge in [-0.3, -0.25) is 4.72 Å². The minimum atomic E-state index is -3.59. The van der Waals surface area contributed by atoms with Crippen molar-refractivity contribution < 1.29 is 13.2 Å². The molecule has 126 valence electrons. The Bertz CT molecular complexity index is 711. The molecule has 4 nitrogen and oxygen atoms in total. The molecule has 0 unspecified atom stereocenters. The largest absolute Gasteiger partial charge is 0.494 e. The summed E-state index contributed by atoms with van der Waals surface area (Å²) in [6.07, 6.45) is 4.61. The highest BCUT2D eigenvalue weighted by Gasteiger charge is 2.16. The first-order valence-electron chi connectivity index (χ1n) is 7.52. The molecule has 0 aliphatic heterocycles. The van der Waals surface area contributed by atoms with Gasteiger partial charge in [0.05, 0.1) is 10.9 Å². The van der Waals surface area contributed by atoms with Gasteiger partial charge in [0.1, 0.15) is 9.96 Å². The van der Waals surface area contributed by atoms with Crippen LogP contribution in [0.25, 0.3) is 0 Å². The monoisotopic (exact) mass is 373 g/mol. The summed E-state index contributed by atoms with van der Waals surface area (Å²) in [6, 6.07) is 9.96. The second kappa shape index (κ2) is 8.57. The average Bonchev–Trinajstić information content (AvgIpc) is 2.96. The SMILES string of the molecule is CCCCCCOc1ccc(NS(=O)(=O)c2ccc(Cl)s2)cc1. The lowest BCUT2D eigenvalue weighted by Crippen LogP contribution is -2.11. The van der Waals surface area contributed by atoms with Crippen molar-refractivity contribution in [3.63, 3.8) is 0 Å². The number of hydrogen-bond donors (Lipinski definition) is 1. The van der Waals surface area contributed by atoms with Crippen molar-refractivity contribution in [3.8, 4) is 5.75 Å². The lowest BCUT2D eigenvalue weighted by Gasteiger charge is -2.09. The highest BCUT2D eigenvalue weighted by atomic mass is 35.5. The highest BCUT2D eigenvalue weighted by molar-refractivity contribution is 7.94. The maximum Gasteiger partial charge on any atom is 0.271 e. The van der Waals surface area contributed by atoms with E-state index in [0.29, 0.717) is 16.6 Å². The van der Waals surface area contributed by atoms with Crippen LogP contribution in [0.2, 0.25) is 4.34 Å². The molecule has 0 radical (unpaired) electrons. The lowest BCUT2D eigenvalue weighted by atomic mass is 10.2. The van der Waals surface area contributed by atoms with Gasteiger partial charge in [-0.2, -0.15) is 0 Å². The molecule has 0 bridgehead atoms. The second-order valence-corrected chi connectivity index (χ2v) is 8.72. The fourth-order valence-electron chi connectivity index (χ4n) is 1.99. The van der Waals surface area contributed by atoms with Gasteiger partial charge in [-0.15, -0.1) is 11.3 Å². The van der Waals surface area contributed by atoms with Crippen LogP contribution in [-0.2, 0) is 10.0 Å². The fraction of sp³-hybridized carbons (Fsp3) is 0.375. The van der Waals surface area contributed by atoms with E-state index in [0.717, 1.165) is 29.9 Å². The third-order valence-electron chi connectivity index (χ3n) is 3.19. The van der Waals surface area contributed by atoms with Crippen LogP contribution in [0.3, 0.4) is 0 Å². The number of unbranched alkanes of at least 4 members (excludes halogenated alkanes) is 3. The zero-order valence-corrected chi connectivity index (χ0v) is 15.3. The molecule has 2 aromatic rings. The van der Waals surface area contributed by atoms with Crippen molar-refractivity contribution in [2.45, 2.75) is 36.8 Å². The summed E-state index contributed by atoms with van der Waals surface area (Å²) in [7, 11) is -3.59. The van der Waals surface area contributed by atoms with E-state index >= 15 is 0 Å². The predicted octanol–water partition coefficient (Wildman–Crippen LogP) is 5.16. The average molecular weight is 374 g/mol. The molecular formula is C16H20ClNO3S2. The van der Waals surface area contributed by atoms with E-state index in [1.54, 1.807) is 30.3 Å². The highest BCUT2D eigenvalue weighted by Crippen LogP contribution is 2.27. The zero-order valence-electron chi connectivity index (χ0n) is 12.9. The maximum absolute atomic E-state index is 12.2. The second-order valence-electron chi connectivity index (χ2n) is 5.10. The molecule has 0 spiro atoms. The fourth-order valence-corrected chi connectivity index (χ4v) is 4.53. The summed E-state index contributed by atoms with van der Waals surface area (Å²) < 4.78 is 33.2. The van der Waals surface area contributed by atoms with Crippen LogP contribution in [0.4, 0.5) is 5.69 Å². The van der Waals surface area contributed by atoms with Crippen LogP contribution in [0.5, 0.6) is 5.75 Å². The molecule has 0 saturated carbocycles. The van der Waals surface area contributed by atoms with Gasteiger partial charge in [0.2, 0.25) is 0 Å². The van der Waals surface area contributed by atoms with Crippen molar-refractivity contribution in [1.29, 1.82) is 0 Å². The minimum Gasteiger partial charge on any atom is -0.494 e. The number of benzene rings is 1. The topological polar surface area (TPSA) is 55.4 Å². The van der Waals surface area contributed by atoms with Gasteiger partial charge in [0.25, 0.3) is 10.0 Å². The molecule has 1 N–H and O–H groups in total. The Morgan fingerprint density at radius 1 is 1.09 bits per heavy atom.